The lowest BCUT2D eigenvalue weighted by atomic mass is 9.88. The number of nitrogens with one attached hydrogen (secondary N) is 1. The van der Waals surface area contributed by atoms with Gasteiger partial charge in [-0.15, -0.1) is 0 Å². The summed E-state index contributed by atoms with van der Waals surface area (Å²) in [4.78, 5) is 14.6. The van der Waals surface area contributed by atoms with Crippen molar-refractivity contribution in [1.29, 1.82) is 0 Å². The van der Waals surface area contributed by atoms with E-state index in [-0.39, 0.29) is 16.7 Å². The summed E-state index contributed by atoms with van der Waals surface area (Å²) in [6, 6.07) is 8.15. The van der Waals surface area contributed by atoms with E-state index in [1.54, 1.807) is 6.08 Å². The van der Waals surface area contributed by atoms with Gasteiger partial charge < -0.3 is 10.1 Å². The largest absolute Gasteiger partial charge is 0.379 e. The zero-order valence-corrected chi connectivity index (χ0v) is 17.7. The van der Waals surface area contributed by atoms with Gasteiger partial charge in [0.15, 0.2) is 0 Å². The van der Waals surface area contributed by atoms with Crippen LogP contribution in [0.2, 0.25) is 0 Å². The molecule has 1 heterocycles. The van der Waals surface area contributed by atoms with Crippen molar-refractivity contribution in [3.05, 3.63) is 42.0 Å². The van der Waals surface area contributed by atoms with Gasteiger partial charge in [0.2, 0.25) is 5.91 Å². The quantitative estimate of drug-likeness (QED) is 0.716. The van der Waals surface area contributed by atoms with Crippen LogP contribution in [0.4, 0.5) is 5.69 Å². The Morgan fingerprint density at radius 3 is 2.33 bits per heavy atom. The maximum atomic E-state index is 12.2. The molecule has 1 aliphatic heterocycles. The fourth-order valence-electron chi connectivity index (χ4n) is 3.42. The number of carbonyl (C=O) groups excluding carboxylic acids is 1. The maximum Gasteiger partial charge on any atom is 0.248 e. The second-order valence-electron chi connectivity index (χ2n) is 9.58. The highest BCUT2D eigenvalue weighted by Gasteiger charge is 2.22. The Hall–Kier alpha value is -1.65. The van der Waals surface area contributed by atoms with Crippen molar-refractivity contribution in [2.75, 3.05) is 38.2 Å². The van der Waals surface area contributed by atoms with Gasteiger partial charge in [-0.1, -0.05) is 52.8 Å². The first kappa shape index (κ1) is 21.6. The van der Waals surface area contributed by atoms with E-state index in [9.17, 15) is 4.79 Å². The number of morpholine rings is 1. The van der Waals surface area contributed by atoms with Crippen LogP contribution in [0.1, 0.15) is 46.6 Å². The predicted octanol–water partition coefficient (Wildman–Crippen LogP) is 4.52. The topological polar surface area (TPSA) is 41.6 Å². The first-order valence-electron chi connectivity index (χ1n) is 10.00. The number of hydrogen-bond acceptors (Lipinski definition) is 3. The number of ether oxygens (including phenoxy) is 1. The second-order valence-corrected chi connectivity index (χ2v) is 9.58. The van der Waals surface area contributed by atoms with Crippen LogP contribution in [0, 0.1) is 10.8 Å². The van der Waals surface area contributed by atoms with Crippen LogP contribution >= 0.6 is 0 Å². The highest BCUT2D eigenvalue weighted by atomic mass is 16.5. The average molecular weight is 373 g/mol. The van der Waals surface area contributed by atoms with Crippen LogP contribution in [-0.2, 0) is 16.0 Å². The third-order valence-electron chi connectivity index (χ3n) is 4.65. The highest BCUT2D eigenvalue weighted by molar-refractivity contribution is 5.99. The number of allylic oxidation sites excluding steroid dienone is 1. The molecule has 0 saturated carbocycles. The van der Waals surface area contributed by atoms with E-state index in [2.05, 4.69) is 57.0 Å². The number of hydrogen-bond donors (Lipinski definition) is 1. The maximum absolute atomic E-state index is 12.2. The van der Waals surface area contributed by atoms with Crippen LogP contribution in [0.25, 0.3) is 0 Å². The lowest BCUT2D eigenvalue weighted by Gasteiger charge is -2.34. The van der Waals surface area contributed by atoms with Gasteiger partial charge in [-0.2, -0.15) is 0 Å². The normalized spacial score (nSPS) is 16.6. The first-order valence-corrected chi connectivity index (χ1v) is 10.00. The molecule has 1 N–H and O–H groups in total. The fraction of sp³-hybridized carbons (Fsp3) is 0.609. The summed E-state index contributed by atoms with van der Waals surface area (Å²) in [5.41, 5.74) is 2.54. The van der Waals surface area contributed by atoms with Gasteiger partial charge in [0.25, 0.3) is 0 Å². The summed E-state index contributed by atoms with van der Waals surface area (Å²) >= 11 is 0. The van der Waals surface area contributed by atoms with Crippen LogP contribution in [-0.4, -0.2) is 43.7 Å². The summed E-state index contributed by atoms with van der Waals surface area (Å²) < 4.78 is 5.41. The zero-order valence-electron chi connectivity index (χ0n) is 17.7. The molecule has 1 saturated heterocycles. The molecule has 2 rings (SSSR count). The molecule has 0 atom stereocenters. The summed E-state index contributed by atoms with van der Waals surface area (Å²) in [5.74, 6) is -0.0688. The van der Waals surface area contributed by atoms with Gasteiger partial charge >= 0.3 is 0 Å². The molecule has 0 aromatic heterocycles. The molecule has 1 fully saturated rings. The lowest BCUT2D eigenvalue weighted by Crippen LogP contribution is -2.41. The minimum absolute atomic E-state index is 0.0688. The number of amides is 1. The highest BCUT2D eigenvalue weighted by Crippen LogP contribution is 2.23. The molecule has 27 heavy (non-hydrogen) atoms. The number of nitrogens with zero attached hydrogens (tertiary/aromatic N) is 1. The van der Waals surface area contributed by atoms with Crippen molar-refractivity contribution in [3.63, 3.8) is 0 Å². The SMILES string of the molecule is CC(C)(C)Cc1ccc(NC(=O)/C=C\CC(C)(C)CN2CCOCC2)cc1. The first-order chi connectivity index (χ1) is 12.6. The van der Waals surface area contributed by atoms with Gasteiger partial charge in [0.05, 0.1) is 13.2 Å². The van der Waals surface area contributed by atoms with Crippen LogP contribution in [0.5, 0.6) is 0 Å². The van der Waals surface area contributed by atoms with Crippen molar-refractivity contribution in [2.45, 2.75) is 47.5 Å². The monoisotopic (exact) mass is 372 g/mol. The van der Waals surface area contributed by atoms with E-state index in [1.165, 1.54) is 5.56 Å². The van der Waals surface area contributed by atoms with Crippen molar-refractivity contribution in [3.8, 4) is 0 Å². The van der Waals surface area contributed by atoms with Crippen molar-refractivity contribution >= 4 is 11.6 Å². The molecule has 1 amide bonds. The standard InChI is InChI=1S/C23H36N2O2/c1-22(2,3)17-19-8-10-20(11-9-19)24-21(26)7-6-12-23(4,5)18-25-13-15-27-16-14-25/h6-11H,12-18H2,1-5H3,(H,24,26)/b7-6-. The molecule has 1 aromatic carbocycles. The average Bonchev–Trinajstić information content (AvgIpc) is 2.55. The molecule has 0 bridgehead atoms. The van der Waals surface area contributed by atoms with Gasteiger partial charge in [-0.3, -0.25) is 9.69 Å². The van der Waals surface area contributed by atoms with Gasteiger partial charge in [0, 0.05) is 25.3 Å². The minimum Gasteiger partial charge on any atom is -0.379 e. The second kappa shape index (κ2) is 9.52. The van der Waals surface area contributed by atoms with Crippen LogP contribution in [0.15, 0.2) is 36.4 Å². The number of benzene rings is 1. The van der Waals surface area contributed by atoms with Crippen molar-refractivity contribution < 1.29 is 9.53 Å². The molecule has 4 heteroatoms. The predicted molar refractivity (Wildman–Crippen MR) is 113 cm³/mol. The van der Waals surface area contributed by atoms with Crippen molar-refractivity contribution in [2.24, 2.45) is 10.8 Å². The number of carbonyl (C=O) groups is 1. The molecule has 0 aliphatic carbocycles. The molecular weight excluding hydrogens is 336 g/mol. The number of rotatable bonds is 7. The van der Waals surface area contributed by atoms with E-state index < -0.39 is 0 Å². The fourth-order valence-corrected chi connectivity index (χ4v) is 3.42. The van der Waals surface area contributed by atoms with E-state index >= 15 is 0 Å². The molecular formula is C23H36N2O2. The molecule has 0 radical (unpaired) electrons. The van der Waals surface area contributed by atoms with E-state index in [0.717, 1.165) is 51.4 Å². The summed E-state index contributed by atoms with van der Waals surface area (Å²) in [7, 11) is 0. The third-order valence-corrected chi connectivity index (χ3v) is 4.65. The minimum atomic E-state index is -0.0688. The summed E-state index contributed by atoms with van der Waals surface area (Å²) in [6.45, 7) is 15.9. The summed E-state index contributed by atoms with van der Waals surface area (Å²) in [6.07, 6.45) is 5.55. The Bertz CT molecular complexity index is 621. The Morgan fingerprint density at radius 2 is 1.74 bits per heavy atom. The third kappa shape index (κ3) is 8.72. The Morgan fingerprint density at radius 1 is 1.11 bits per heavy atom. The lowest BCUT2D eigenvalue weighted by molar-refractivity contribution is -0.111. The Balaban J connectivity index is 1.78. The Kier molecular flexibility index (Phi) is 7.63. The Labute approximate surface area is 165 Å². The van der Waals surface area contributed by atoms with Crippen LogP contribution < -0.4 is 5.32 Å². The van der Waals surface area contributed by atoms with E-state index in [4.69, 9.17) is 4.74 Å². The summed E-state index contributed by atoms with van der Waals surface area (Å²) in [5, 5.41) is 2.95. The van der Waals surface area contributed by atoms with Gasteiger partial charge in [-0.05, 0) is 47.4 Å². The van der Waals surface area contributed by atoms with E-state index in [0.29, 0.717) is 0 Å². The number of anilines is 1. The van der Waals surface area contributed by atoms with Crippen LogP contribution in [0.3, 0.4) is 0 Å². The van der Waals surface area contributed by atoms with Gasteiger partial charge in [-0.25, -0.2) is 0 Å². The van der Waals surface area contributed by atoms with Crippen molar-refractivity contribution in [1.82, 2.24) is 4.90 Å². The molecule has 150 valence electrons. The van der Waals surface area contributed by atoms with E-state index in [1.807, 2.05) is 18.2 Å². The smallest absolute Gasteiger partial charge is 0.248 e. The zero-order chi connectivity index (χ0) is 19.9. The van der Waals surface area contributed by atoms with Gasteiger partial charge in [0.1, 0.15) is 0 Å². The molecule has 4 nitrogen and oxygen atoms in total. The molecule has 1 aromatic rings. The molecule has 0 spiro atoms. The molecule has 1 aliphatic rings. The molecule has 0 unspecified atom stereocenters.